The Hall–Kier alpha value is -1.29. The second-order valence-electron chi connectivity index (χ2n) is 5.99. The van der Waals surface area contributed by atoms with Crippen LogP contribution in [0, 0.1) is 5.92 Å². The van der Waals surface area contributed by atoms with Crippen LogP contribution in [0.5, 0.6) is 0 Å². The molecule has 4 nitrogen and oxygen atoms in total. The fourth-order valence-corrected chi connectivity index (χ4v) is 2.45. The van der Waals surface area contributed by atoms with Crippen LogP contribution in [0.3, 0.4) is 0 Å². The van der Waals surface area contributed by atoms with Crippen LogP contribution in [0.4, 0.5) is 5.82 Å². The van der Waals surface area contributed by atoms with Crippen molar-refractivity contribution in [3.8, 4) is 0 Å². The van der Waals surface area contributed by atoms with E-state index in [0.29, 0.717) is 28.4 Å². The number of carbonyl (C=O) groups is 1. The van der Waals surface area contributed by atoms with Crippen LogP contribution in [0.15, 0.2) is 12.3 Å². The lowest BCUT2D eigenvalue weighted by Gasteiger charge is -2.24. The number of hydrogen-bond acceptors (Lipinski definition) is 3. The summed E-state index contributed by atoms with van der Waals surface area (Å²) in [7, 11) is 0. The van der Waals surface area contributed by atoms with Gasteiger partial charge in [0.1, 0.15) is 5.82 Å². The van der Waals surface area contributed by atoms with Crippen molar-refractivity contribution in [1.29, 1.82) is 0 Å². The van der Waals surface area contributed by atoms with E-state index in [1.165, 1.54) is 0 Å². The summed E-state index contributed by atoms with van der Waals surface area (Å²) in [5.74, 6) is 1.32. The number of carbonyl (C=O) groups excluding carboxylic acids is 1. The maximum absolute atomic E-state index is 12.8. The molecule has 1 amide bonds. The first-order valence-electron chi connectivity index (χ1n) is 7.73. The van der Waals surface area contributed by atoms with Crippen molar-refractivity contribution in [3.63, 3.8) is 0 Å². The summed E-state index contributed by atoms with van der Waals surface area (Å²) in [6, 6.07) is 2.15. The molecule has 5 heteroatoms. The van der Waals surface area contributed by atoms with Gasteiger partial charge in [-0.25, -0.2) is 4.98 Å². The topological polar surface area (TPSA) is 45.2 Å². The third-order valence-corrected chi connectivity index (χ3v) is 3.94. The molecule has 0 saturated heterocycles. The van der Waals surface area contributed by atoms with E-state index >= 15 is 0 Å². The van der Waals surface area contributed by atoms with Gasteiger partial charge in [0.05, 0.1) is 10.6 Å². The van der Waals surface area contributed by atoms with Gasteiger partial charge in [-0.1, -0.05) is 25.4 Å². The van der Waals surface area contributed by atoms with E-state index in [9.17, 15) is 4.79 Å². The first kappa shape index (κ1) is 16.1. The van der Waals surface area contributed by atoms with Crippen LogP contribution in [0.2, 0.25) is 5.02 Å². The number of nitrogens with one attached hydrogen (secondary N) is 1. The molecule has 0 radical (unpaired) electrons. The number of aromatic nitrogens is 1. The SMILES string of the molecule is CCNc1cc(C(=O)N(CCC(C)C)C2CC2)c(Cl)cn1. The van der Waals surface area contributed by atoms with Gasteiger partial charge in [-0.3, -0.25) is 4.79 Å². The average Bonchev–Trinajstić information content (AvgIpc) is 3.25. The van der Waals surface area contributed by atoms with Crippen LogP contribution in [0.1, 0.15) is 50.4 Å². The quantitative estimate of drug-likeness (QED) is 0.833. The van der Waals surface area contributed by atoms with Crippen LogP contribution < -0.4 is 5.32 Å². The molecule has 116 valence electrons. The monoisotopic (exact) mass is 309 g/mol. The van der Waals surface area contributed by atoms with Crippen molar-refractivity contribution < 1.29 is 4.79 Å². The zero-order chi connectivity index (χ0) is 15.4. The van der Waals surface area contributed by atoms with E-state index in [0.717, 1.165) is 32.4 Å². The minimum Gasteiger partial charge on any atom is -0.370 e. The molecular formula is C16H24ClN3O. The highest BCUT2D eigenvalue weighted by Gasteiger charge is 2.33. The van der Waals surface area contributed by atoms with Gasteiger partial charge in [-0.15, -0.1) is 0 Å². The van der Waals surface area contributed by atoms with Crippen molar-refractivity contribution >= 4 is 23.3 Å². The van der Waals surface area contributed by atoms with Gasteiger partial charge in [0.25, 0.3) is 5.91 Å². The lowest BCUT2D eigenvalue weighted by Crippen LogP contribution is -2.34. The van der Waals surface area contributed by atoms with Crippen molar-refractivity contribution in [2.75, 3.05) is 18.4 Å². The molecule has 0 spiro atoms. The number of hydrogen-bond donors (Lipinski definition) is 1. The normalized spacial score (nSPS) is 14.3. The van der Waals surface area contributed by atoms with Crippen LogP contribution >= 0.6 is 11.6 Å². The molecule has 0 aromatic carbocycles. The summed E-state index contributed by atoms with van der Waals surface area (Å²) in [5.41, 5.74) is 0.554. The molecule has 1 N–H and O–H groups in total. The number of pyridine rings is 1. The highest BCUT2D eigenvalue weighted by Crippen LogP contribution is 2.30. The molecule has 1 heterocycles. The molecule has 1 fully saturated rings. The molecule has 1 aliphatic carbocycles. The Morgan fingerprint density at radius 3 is 2.81 bits per heavy atom. The van der Waals surface area contributed by atoms with Crippen molar-refractivity contribution in [2.45, 2.75) is 46.1 Å². The average molecular weight is 310 g/mol. The number of amides is 1. The Labute approximate surface area is 131 Å². The standard InChI is InChI=1S/C16H24ClN3O/c1-4-18-15-9-13(14(17)10-19-15)16(21)20(12-5-6-12)8-7-11(2)3/h9-12H,4-8H2,1-3H3,(H,18,19). The van der Waals surface area contributed by atoms with Crippen molar-refractivity contribution in [1.82, 2.24) is 9.88 Å². The molecule has 1 aromatic rings. The second-order valence-corrected chi connectivity index (χ2v) is 6.40. The molecule has 21 heavy (non-hydrogen) atoms. The molecule has 0 unspecified atom stereocenters. The van der Waals surface area contributed by atoms with Gasteiger partial charge in [0.15, 0.2) is 0 Å². The zero-order valence-corrected chi connectivity index (χ0v) is 13.8. The van der Waals surface area contributed by atoms with Crippen LogP contribution in [-0.4, -0.2) is 34.9 Å². The summed E-state index contributed by atoms with van der Waals surface area (Å²) >= 11 is 6.19. The highest BCUT2D eigenvalue weighted by atomic mass is 35.5. The number of rotatable bonds is 7. The van der Waals surface area contributed by atoms with E-state index in [1.807, 2.05) is 11.8 Å². The van der Waals surface area contributed by atoms with Gasteiger partial charge < -0.3 is 10.2 Å². The summed E-state index contributed by atoms with van der Waals surface area (Å²) in [6.45, 7) is 7.92. The third kappa shape index (κ3) is 4.34. The lowest BCUT2D eigenvalue weighted by atomic mass is 10.1. The van der Waals surface area contributed by atoms with Gasteiger partial charge in [-0.05, 0) is 38.2 Å². The molecule has 0 aliphatic heterocycles. The summed E-state index contributed by atoms with van der Waals surface area (Å²) in [5, 5.41) is 3.55. The predicted molar refractivity (Wildman–Crippen MR) is 86.9 cm³/mol. The summed E-state index contributed by atoms with van der Waals surface area (Å²) in [6.07, 6.45) is 4.78. The van der Waals surface area contributed by atoms with Gasteiger partial charge in [-0.2, -0.15) is 0 Å². The maximum Gasteiger partial charge on any atom is 0.255 e. The molecule has 0 bridgehead atoms. The highest BCUT2D eigenvalue weighted by molar-refractivity contribution is 6.33. The summed E-state index contributed by atoms with van der Waals surface area (Å²) in [4.78, 5) is 19.0. The van der Waals surface area contributed by atoms with E-state index < -0.39 is 0 Å². The van der Waals surface area contributed by atoms with Crippen LogP contribution in [-0.2, 0) is 0 Å². The van der Waals surface area contributed by atoms with Crippen molar-refractivity contribution in [2.24, 2.45) is 5.92 Å². The largest absolute Gasteiger partial charge is 0.370 e. The first-order chi connectivity index (χ1) is 10.0. The van der Waals surface area contributed by atoms with Crippen LogP contribution in [0.25, 0.3) is 0 Å². The molecule has 2 rings (SSSR count). The maximum atomic E-state index is 12.8. The Kier molecular flexibility index (Phi) is 5.45. The molecule has 1 aliphatic rings. The van der Waals surface area contributed by atoms with E-state index in [-0.39, 0.29) is 5.91 Å². The zero-order valence-electron chi connectivity index (χ0n) is 13.0. The Balaban J connectivity index is 2.17. The van der Waals surface area contributed by atoms with E-state index in [2.05, 4.69) is 24.1 Å². The summed E-state index contributed by atoms with van der Waals surface area (Å²) < 4.78 is 0. The van der Waals surface area contributed by atoms with Gasteiger partial charge in [0, 0.05) is 25.3 Å². The van der Waals surface area contributed by atoms with Crippen molar-refractivity contribution in [3.05, 3.63) is 22.8 Å². The molecule has 0 atom stereocenters. The van der Waals surface area contributed by atoms with E-state index in [1.54, 1.807) is 12.3 Å². The second kappa shape index (κ2) is 7.12. The van der Waals surface area contributed by atoms with E-state index in [4.69, 9.17) is 11.6 Å². The van der Waals surface area contributed by atoms with Gasteiger partial charge >= 0.3 is 0 Å². The minimum atomic E-state index is 0.0321. The predicted octanol–water partition coefficient (Wildman–Crippen LogP) is 3.82. The Morgan fingerprint density at radius 1 is 1.52 bits per heavy atom. The number of nitrogens with zero attached hydrogens (tertiary/aromatic N) is 2. The van der Waals surface area contributed by atoms with Gasteiger partial charge in [0.2, 0.25) is 0 Å². The molecule has 1 aromatic heterocycles. The fraction of sp³-hybridized carbons (Fsp3) is 0.625. The number of halogens is 1. The lowest BCUT2D eigenvalue weighted by molar-refractivity contribution is 0.0735. The molecule has 1 saturated carbocycles. The number of anilines is 1. The Bertz CT molecular complexity index is 500. The molecular weight excluding hydrogens is 286 g/mol. The smallest absolute Gasteiger partial charge is 0.255 e. The Morgan fingerprint density at radius 2 is 2.24 bits per heavy atom. The first-order valence-corrected chi connectivity index (χ1v) is 8.11. The fourth-order valence-electron chi connectivity index (χ4n) is 2.27. The third-order valence-electron chi connectivity index (χ3n) is 3.64. The minimum absolute atomic E-state index is 0.0321.